The van der Waals surface area contributed by atoms with Crippen LogP contribution in [0.15, 0.2) is 18.5 Å². The number of imidazole rings is 1. The van der Waals surface area contributed by atoms with E-state index in [2.05, 4.69) is 9.97 Å². The Hall–Kier alpha value is -1.95. The number of rotatable bonds is 3. The highest BCUT2D eigenvalue weighted by atomic mass is 16.5. The maximum absolute atomic E-state index is 11.5. The molecule has 16 heavy (non-hydrogen) atoms. The van der Waals surface area contributed by atoms with Crippen LogP contribution in [0.3, 0.4) is 0 Å². The third-order valence-electron chi connectivity index (χ3n) is 2.15. The largest absolute Gasteiger partial charge is 0.461 e. The fraction of sp³-hybridized carbons (Fsp3) is 0.300. The lowest BCUT2D eigenvalue weighted by molar-refractivity contribution is 0.0520. The Bertz CT molecular complexity index is 521. The van der Waals surface area contributed by atoms with E-state index in [0.717, 1.165) is 5.69 Å². The maximum Gasteiger partial charge on any atom is 0.358 e. The van der Waals surface area contributed by atoms with E-state index in [1.54, 1.807) is 29.8 Å². The first kappa shape index (κ1) is 10.6. The SMILES string of the molecule is CCOC(=O)c1cn2c(CN)ccnc2n1. The van der Waals surface area contributed by atoms with Crippen LogP contribution in [-0.2, 0) is 11.3 Å². The smallest absolute Gasteiger partial charge is 0.358 e. The lowest BCUT2D eigenvalue weighted by Crippen LogP contribution is -2.05. The summed E-state index contributed by atoms with van der Waals surface area (Å²) in [5, 5.41) is 0. The van der Waals surface area contributed by atoms with Gasteiger partial charge < -0.3 is 10.5 Å². The van der Waals surface area contributed by atoms with Crippen molar-refractivity contribution in [2.24, 2.45) is 5.73 Å². The van der Waals surface area contributed by atoms with Crippen LogP contribution in [0.2, 0.25) is 0 Å². The molecule has 0 spiro atoms. The summed E-state index contributed by atoms with van der Waals surface area (Å²) in [6, 6.07) is 1.78. The molecule has 0 aliphatic carbocycles. The standard InChI is InChI=1S/C10H12N4O2/c1-2-16-9(15)8-6-14-7(5-11)3-4-12-10(14)13-8/h3-4,6H,2,5,11H2,1H3. The third-order valence-corrected chi connectivity index (χ3v) is 2.15. The van der Waals surface area contributed by atoms with Crippen molar-refractivity contribution in [2.45, 2.75) is 13.5 Å². The van der Waals surface area contributed by atoms with Crippen molar-refractivity contribution < 1.29 is 9.53 Å². The van der Waals surface area contributed by atoms with E-state index < -0.39 is 5.97 Å². The molecule has 2 aromatic heterocycles. The monoisotopic (exact) mass is 220 g/mol. The maximum atomic E-state index is 11.5. The minimum absolute atomic E-state index is 0.246. The van der Waals surface area contributed by atoms with E-state index in [1.165, 1.54) is 0 Å². The van der Waals surface area contributed by atoms with Crippen LogP contribution in [0.25, 0.3) is 5.78 Å². The number of esters is 1. The summed E-state index contributed by atoms with van der Waals surface area (Å²) in [6.45, 7) is 2.43. The molecule has 0 unspecified atom stereocenters. The van der Waals surface area contributed by atoms with Crippen LogP contribution in [0.1, 0.15) is 23.1 Å². The predicted octanol–water partition coefficient (Wildman–Crippen LogP) is 0.365. The van der Waals surface area contributed by atoms with Crippen molar-refractivity contribution in [3.05, 3.63) is 29.8 Å². The molecule has 0 fully saturated rings. The Morgan fingerprint density at radius 1 is 1.62 bits per heavy atom. The third kappa shape index (κ3) is 1.74. The highest BCUT2D eigenvalue weighted by Crippen LogP contribution is 2.07. The Morgan fingerprint density at radius 2 is 2.44 bits per heavy atom. The summed E-state index contributed by atoms with van der Waals surface area (Å²) in [5.41, 5.74) is 6.65. The van der Waals surface area contributed by atoms with Gasteiger partial charge in [-0.2, -0.15) is 0 Å². The molecule has 0 saturated carbocycles. The van der Waals surface area contributed by atoms with Gasteiger partial charge in [0.25, 0.3) is 0 Å². The number of ether oxygens (including phenoxy) is 1. The number of carbonyl (C=O) groups is 1. The molecular formula is C10H12N4O2. The summed E-state index contributed by atoms with van der Waals surface area (Å²) < 4.78 is 6.54. The second kappa shape index (κ2) is 4.28. The molecule has 6 nitrogen and oxygen atoms in total. The van der Waals surface area contributed by atoms with Gasteiger partial charge in [-0.15, -0.1) is 0 Å². The van der Waals surface area contributed by atoms with Crippen LogP contribution < -0.4 is 5.73 Å². The van der Waals surface area contributed by atoms with Gasteiger partial charge in [0.15, 0.2) is 5.69 Å². The van der Waals surface area contributed by atoms with Crippen molar-refractivity contribution >= 4 is 11.7 Å². The quantitative estimate of drug-likeness (QED) is 0.755. The van der Waals surface area contributed by atoms with Crippen molar-refractivity contribution in [2.75, 3.05) is 6.61 Å². The molecular weight excluding hydrogens is 208 g/mol. The highest BCUT2D eigenvalue weighted by molar-refractivity contribution is 5.87. The molecule has 0 aromatic carbocycles. The first-order valence-corrected chi connectivity index (χ1v) is 4.96. The number of nitrogens with two attached hydrogens (primary N) is 1. The summed E-state index contributed by atoms with van der Waals surface area (Å²) in [7, 11) is 0. The second-order valence-electron chi connectivity index (χ2n) is 3.16. The van der Waals surface area contributed by atoms with E-state index in [-0.39, 0.29) is 5.69 Å². The normalized spacial score (nSPS) is 10.6. The van der Waals surface area contributed by atoms with Crippen LogP contribution in [0.4, 0.5) is 0 Å². The molecule has 0 aliphatic heterocycles. The van der Waals surface area contributed by atoms with Gasteiger partial charge >= 0.3 is 5.97 Å². The van der Waals surface area contributed by atoms with E-state index in [4.69, 9.17) is 10.5 Å². The number of hydrogen-bond donors (Lipinski definition) is 1. The summed E-state index contributed by atoms with van der Waals surface area (Å²) >= 11 is 0. The van der Waals surface area contributed by atoms with Crippen LogP contribution in [0, 0.1) is 0 Å². The number of carbonyl (C=O) groups excluding carboxylic acids is 1. The number of aromatic nitrogens is 3. The van der Waals surface area contributed by atoms with Gasteiger partial charge in [0.05, 0.1) is 6.61 Å². The Balaban J connectivity index is 2.47. The summed E-state index contributed by atoms with van der Waals surface area (Å²) in [6.07, 6.45) is 3.20. The highest BCUT2D eigenvalue weighted by Gasteiger charge is 2.13. The predicted molar refractivity (Wildman–Crippen MR) is 56.8 cm³/mol. The second-order valence-corrected chi connectivity index (χ2v) is 3.16. The average molecular weight is 220 g/mol. The zero-order chi connectivity index (χ0) is 11.5. The Morgan fingerprint density at radius 3 is 3.12 bits per heavy atom. The fourth-order valence-corrected chi connectivity index (χ4v) is 1.41. The van der Waals surface area contributed by atoms with Crippen LogP contribution in [0.5, 0.6) is 0 Å². The van der Waals surface area contributed by atoms with Crippen molar-refractivity contribution in [3.63, 3.8) is 0 Å². The molecule has 2 aromatic rings. The van der Waals surface area contributed by atoms with Gasteiger partial charge in [-0.05, 0) is 13.0 Å². The molecule has 0 atom stereocenters. The molecule has 0 radical (unpaired) electrons. The minimum atomic E-state index is -0.448. The van der Waals surface area contributed by atoms with Gasteiger partial charge in [0, 0.05) is 24.6 Å². The molecule has 2 rings (SSSR count). The van der Waals surface area contributed by atoms with Gasteiger partial charge in [-0.25, -0.2) is 14.8 Å². The van der Waals surface area contributed by atoms with Crippen molar-refractivity contribution in [3.8, 4) is 0 Å². The van der Waals surface area contributed by atoms with Gasteiger partial charge in [-0.1, -0.05) is 0 Å². The minimum Gasteiger partial charge on any atom is -0.461 e. The average Bonchev–Trinajstić information content (AvgIpc) is 2.72. The summed E-state index contributed by atoms with van der Waals surface area (Å²) in [5.74, 6) is 0.00183. The lowest BCUT2D eigenvalue weighted by atomic mass is 10.4. The van der Waals surface area contributed by atoms with Gasteiger partial charge in [0.2, 0.25) is 5.78 Å². The first-order chi connectivity index (χ1) is 7.76. The Kier molecular flexibility index (Phi) is 2.82. The molecule has 0 bridgehead atoms. The van der Waals surface area contributed by atoms with Crippen molar-refractivity contribution in [1.82, 2.24) is 14.4 Å². The van der Waals surface area contributed by atoms with E-state index in [9.17, 15) is 4.79 Å². The number of nitrogens with zero attached hydrogens (tertiary/aromatic N) is 3. The van der Waals surface area contributed by atoms with Gasteiger partial charge in [-0.3, -0.25) is 4.40 Å². The van der Waals surface area contributed by atoms with E-state index in [0.29, 0.717) is 18.9 Å². The van der Waals surface area contributed by atoms with Crippen LogP contribution in [-0.4, -0.2) is 26.9 Å². The first-order valence-electron chi connectivity index (χ1n) is 4.96. The molecule has 6 heteroatoms. The molecule has 2 heterocycles. The Labute approximate surface area is 92.1 Å². The summed E-state index contributed by atoms with van der Waals surface area (Å²) in [4.78, 5) is 19.6. The molecule has 0 amide bonds. The zero-order valence-electron chi connectivity index (χ0n) is 8.88. The van der Waals surface area contributed by atoms with E-state index in [1.807, 2.05) is 0 Å². The lowest BCUT2D eigenvalue weighted by Gasteiger charge is -1.99. The van der Waals surface area contributed by atoms with Gasteiger partial charge in [0.1, 0.15) is 0 Å². The molecule has 2 N–H and O–H groups in total. The fourth-order valence-electron chi connectivity index (χ4n) is 1.41. The van der Waals surface area contributed by atoms with Crippen molar-refractivity contribution in [1.29, 1.82) is 0 Å². The van der Waals surface area contributed by atoms with Crippen LogP contribution >= 0.6 is 0 Å². The number of hydrogen-bond acceptors (Lipinski definition) is 5. The number of fused-ring (bicyclic) bond motifs is 1. The van der Waals surface area contributed by atoms with E-state index >= 15 is 0 Å². The molecule has 0 aliphatic rings. The molecule has 84 valence electrons. The zero-order valence-corrected chi connectivity index (χ0v) is 8.88. The topological polar surface area (TPSA) is 82.5 Å². The molecule has 0 saturated heterocycles.